The summed E-state index contributed by atoms with van der Waals surface area (Å²) < 4.78 is 9.89. The van der Waals surface area contributed by atoms with E-state index in [0.29, 0.717) is 6.42 Å². The summed E-state index contributed by atoms with van der Waals surface area (Å²) in [5.41, 5.74) is 0.740. The first kappa shape index (κ1) is 23.4. The van der Waals surface area contributed by atoms with Gasteiger partial charge in [0.05, 0.1) is 19.1 Å². The Morgan fingerprint density at radius 3 is 2.32 bits per heavy atom. The number of carbonyl (C=O) groups is 3. The van der Waals surface area contributed by atoms with E-state index in [1.807, 2.05) is 6.07 Å². The quantitative estimate of drug-likeness (QED) is 0.340. The molecule has 0 aliphatic carbocycles. The molecule has 0 saturated carbocycles. The Labute approximate surface area is 164 Å². The van der Waals surface area contributed by atoms with Crippen LogP contribution in [0.2, 0.25) is 0 Å². The molecule has 0 bridgehead atoms. The molecule has 0 aromatic heterocycles. The minimum atomic E-state index is -1.75. The molecule has 28 heavy (non-hydrogen) atoms. The molecule has 1 aromatic carbocycles. The van der Waals surface area contributed by atoms with Crippen molar-refractivity contribution in [3.8, 4) is 0 Å². The second kappa shape index (κ2) is 11.3. The molecular formula is C19H28N2O7. The smallest absolute Gasteiger partial charge is 0.410 e. The average Bonchev–Trinajstić information content (AvgIpc) is 2.62. The summed E-state index contributed by atoms with van der Waals surface area (Å²) in [7, 11) is 0. The summed E-state index contributed by atoms with van der Waals surface area (Å²) in [4.78, 5) is 36.4. The maximum Gasteiger partial charge on any atom is 0.410 e. The molecule has 0 aliphatic rings. The van der Waals surface area contributed by atoms with Crippen molar-refractivity contribution >= 4 is 18.0 Å². The SMILES string of the molecule is CCC(CO)NC(=O)CC(NC(=O)OC(C)(C)O)C(=O)OCc1ccccc1. The van der Waals surface area contributed by atoms with Gasteiger partial charge in [-0.1, -0.05) is 37.3 Å². The highest BCUT2D eigenvalue weighted by Gasteiger charge is 2.29. The van der Waals surface area contributed by atoms with Gasteiger partial charge in [-0.05, 0) is 12.0 Å². The largest absolute Gasteiger partial charge is 0.459 e. The zero-order valence-corrected chi connectivity index (χ0v) is 16.3. The van der Waals surface area contributed by atoms with E-state index in [1.165, 1.54) is 13.8 Å². The molecule has 9 heteroatoms. The number of aliphatic hydroxyl groups is 2. The van der Waals surface area contributed by atoms with Crippen LogP contribution in [0.1, 0.15) is 39.2 Å². The van der Waals surface area contributed by atoms with E-state index in [-0.39, 0.29) is 13.2 Å². The Hall–Kier alpha value is -2.65. The maximum absolute atomic E-state index is 12.4. The van der Waals surface area contributed by atoms with Crippen molar-refractivity contribution in [1.82, 2.24) is 10.6 Å². The number of carbonyl (C=O) groups excluding carboxylic acids is 3. The number of aliphatic hydroxyl groups excluding tert-OH is 1. The highest BCUT2D eigenvalue weighted by atomic mass is 16.7. The van der Waals surface area contributed by atoms with Crippen LogP contribution in [0, 0.1) is 0 Å². The first-order valence-electron chi connectivity index (χ1n) is 8.97. The maximum atomic E-state index is 12.4. The van der Waals surface area contributed by atoms with Crippen LogP contribution in [0.4, 0.5) is 4.79 Å². The molecule has 1 rings (SSSR count). The van der Waals surface area contributed by atoms with Crippen LogP contribution in [-0.2, 0) is 25.7 Å². The second-order valence-electron chi connectivity index (χ2n) is 6.69. The third-order valence-electron chi connectivity index (χ3n) is 3.61. The fourth-order valence-electron chi connectivity index (χ4n) is 2.17. The number of hydrogen-bond acceptors (Lipinski definition) is 7. The van der Waals surface area contributed by atoms with Crippen LogP contribution in [0.25, 0.3) is 0 Å². The summed E-state index contributed by atoms with van der Waals surface area (Å²) in [5, 5.41) is 23.5. The van der Waals surface area contributed by atoms with E-state index in [1.54, 1.807) is 31.2 Å². The van der Waals surface area contributed by atoms with Crippen molar-refractivity contribution in [1.29, 1.82) is 0 Å². The van der Waals surface area contributed by atoms with Crippen molar-refractivity contribution in [3.63, 3.8) is 0 Å². The Morgan fingerprint density at radius 2 is 1.79 bits per heavy atom. The van der Waals surface area contributed by atoms with Crippen molar-refractivity contribution in [2.24, 2.45) is 0 Å². The molecule has 9 nitrogen and oxygen atoms in total. The van der Waals surface area contributed by atoms with Crippen molar-refractivity contribution in [3.05, 3.63) is 35.9 Å². The lowest BCUT2D eigenvalue weighted by Gasteiger charge is -2.22. The van der Waals surface area contributed by atoms with Crippen LogP contribution in [0.15, 0.2) is 30.3 Å². The van der Waals surface area contributed by atoms with Crippen LogP contribution in [0.3, 0.4) is 0 Å². The van der Waals surface area contributed by atoms with Crippen LogP contribution in [-0.4, -0.2) is 52.7 Å². The zero-order chi connectivity index (χ0) is 21.2. The lowest BCUT2D eigenvalue weighted by molar-refractivity contribution is -0.151. The lowest BCUT2D eigenvalue weighted by Crippen LogP contribution is -2.48. The number of hydrogen-bond donors (Lipinski definition) is 4. The summed E-state index contributed by atoms with van der Waals surface area (Å²) >= 11 is 0. The third kappa shape index (κ3) is 9.33. The van der Waals surface area contributed by atoms with Gasteiger partial charge in [-0.3, -0.25) is 4.79 Å². The number of nitrogens with one attached hydrogen (secondary N) is 2. The standard InChI is InChI=1S/C19H28N2O7/c1-4-14(11-22)20-16(23)10-15(21-18(25)28-19(2,3)26)17(24)27-12-13-8-6-5-7-9-13/h5-9,14-15,22,26H,4,10-12H2,1-3H3,(H,20,23)(H,21,25). The van der Waals surface area contributed by atoms with Gasteiger partial charge in [0.15, 0.2) is 0 Å². The topological polar surface area (TPSA) is 134 Å². The van der Waals surface area contributed by atoms with Gasteiger partial charge in [0, 0.05) is 13.8 Å². The Morgan fingerprint density at radius 1 is 1.14 bits per heavy atom. The fraction of sp³-hybridized carbons (Fsp3) is 0.526. The minimum Gasteiger partial charge on any atom is -0.459 e. The third-order valence-corrected chi connectivity index (χ3v) is 3.61. The number of alkyl carbamates (subject to hydrolysis) is 1. The zero-order valence-electron chi connectivity index (χ0n) is 16.3. The van der Waals surface area contributed by atoms with Gasteiger partial charge in [0.2, 0.25) is 11.7 Å². The molecule has 0 heterocycles. The van der Waals surface area contributed by atoms with Crippen molar-refractivity contribution < 1.29 is 34.1 Å². The van der Waals surface area contributed by atoms with E-state index in [0.717, 1.165) is 5.56 Å². The van der Waals surface area contributed by atoms with Crippen molar-refractivity contribution in [2.45, 2.75) is 58.1 Å². The van der Waals surface area contributed by atoms with Crippen molar-refractivity contribution in [2.75, 3.05) is 6.61 Å². The Kier molecular flexibility index (Phi) is 9.40. The van der Waals surface area contributed by atoms with E-state index < -0.39 is 42.3 Å². The van der Waals surface area contributed by atoms with E-state index in [2.05, 4.69) is 10.6 Å². The molecule has 1 aromatic rings. The van der Waals surface area contributed by atoms with E-state index in [4.69, 9.17) is 9.47 Å². The lowest BCUT2D eigenvalue weighted by atomic mass is 10.1. The molecule has 0 radical (unpaired) electrons. The van der Waals surface area contributed by atoms with Crippen LogP contribution >= 0.6 is 0 Å². The number of benzene rings is 1. The molecule has 2 atom stereocenters. The molecule has 0 fully saturated rings. The molecule has 2 unspecified atom stereocenters. The van der Waals surface area contributed by atoms with Gasteiger partial charge < -0.3 is 30.3 Å². The molecular weight excluding hydrogens is 368 g/mol. The summed E-state index contributed by atoms with van der Waals surface area (Å²) in [6.07, 6.45) is -0.985. The first-order chi connectivity index (χ1) is 13.1. The van der Waals surface area contributed by atoms with Gasteiger partial charge in [0.25, 0.3) is 0 Å². The number of amides is 2. The summed E-state index contributed by atoms with van der Waals surface area (Å²) in [6, 6.07) is 7.12. The molecule has 2 amide bonds. The molecule has 156 valence electrons. The number of ether oxygens (including phenoxy) is 2. The Bertz CT molecular complexity index is 639. The molecule has 0 saturated heterocycles. The van der Waals surface area contributed by atoms with Crippen LogP contribution in [0.5, 0.6) is 0 Å². The Balaban J connectivity index is 2.76. The van der Waals surface area contributed by atoms with E-state index in [9.17, 15) is 24.6 Å². The number of esters is 1. The highest BCUT2D eigenvalue weighted by Crippen LogP contribution is 2.07. The van der Waals surface area contributed by atoms with Gasteiger partial charge in [-0.25, -0.2) is 9.59 Å². The normalized spacial score (nSPS) is 13.2. The van der Waals surface area contributed by atoms with Crippen LogP contribution < -0.4 is 10.6 Å². The monoisotopic (exact) mass is 396 g/mol. The molecule has 0 spiro atoms. The van der Waals surface area contributed by atoms with Gasteiger partial charge in [0.1, 0.15) is 12.6 Å². The van der Waals surface area contributed by atoms with Gasteiger partial charge >= 0.3 is 12.1 Å². The van der Waals surface area contributed by atoms with Gasteiger partial charge in [-0.2, -0.15) is 0 Å². The predicted molar refractivity (Wildman–Crippen MR) is 99.9 cm³/mol. The molecule has 0 aliphatic heterocycles. The molecule has 4 N–H and O–H groups in total. The first-order valence-corrected chi connectivity index (χ1v) is 8.97. The second-order valence-corrected chi connectivity index (χ2v) is 6.69. The summed E-state index contributed by atoms with van der Waals surface area (Å²) in [5.74, 6) is -3.13. The average molecular weight is 396 g/mol. The number of rotatable bonds is 10. The highest BCUT2D eigenvalue weighted by molar-refractivity contribution is 5.88. The van der Waals surface area contributed by atoms with E-state index >= 15 is 0 Å². The van der Waals surface area contributed by atoms with Gasteiger partial charge in [-0.15, -0.1) is 0 Å². The summed E-state index contributed by atoms with van der Waals surface area (Å²) in [6.45, 7) is 3.99. The predicted octanol–water partition coefficient (Wildman–Crippen LogP) is 0.830. The fourth-order valence-corrected chi connectivity index (χ4v) is 2.17. The minimum absolute atomic E-state index is 0.0335.